The lowest BCUT2D eigenvalue weighted by atomic mass is 10.2. The number of hydrogen-bond donors (Lipinski definition) is 3. The molecule has 1 aromatic rings. The van der Waals surface area contributed by atoms with E-state index in [0.717, 1.165) is 18.7 Å². The van der Waals surface area contributed by atoms with Crippen molar-refractivity contribution in [1.29, 1.82) is 0 Å². The highest BCUT2D eigenvalue weighted by atomic mass is 19.2. The summed E-state index contributed by atoms with van der Waals surface area (Å²) in [4.78, 5) is 11.7. The lowest BCUT2D eigenvalue weighted by Gasteiger charge is -2.23. The van der Waals surface area contributed by atoms with Crippen LogP contribution in [0.1, 0.15) is 0 Å². The highest BCUT2D eigenvalue weighted by Crippen LogP contribution is 2.19. The summed E-state index contributed by atoms with van der Waals surface area (Å²) in [6, 6.07) is 1.23. The van der Waals surface area contributed by atoms with Gasteiger partial charge in [-0.2, -0.15) is 0 Å². The predicted molar refractivity (Wildman–Crippen MR) is 59.6 cm³/mol. The normalized spacial score (nSPS) is 19.6. The molecular weight excluding hydrogens is 247 g/mol. The summed E-state index contributed by atoms with van der Waals surface area (Å²) < 4.78 is 39.0. The number of anilines is 1. The van der Waals surface area contributed by atoms with Crippen molar-refractivity contribution in [2.45, 2.75) is 6.04 Å². The molecule has 7 heteroatoms. The Morgan fingerprint density at radius 1 is 1.22 bits per heavy atom. The molecule has 1 saturated heterocycles. The Balaban J connectivity index is 2.09. The van der Waals surface area contributed by atoms with E-state index in [9.17, 15) is 18.0 Å². The summed E-state index contributed by atoms with van der Waals surface area (Å²) in [7, 11) is 0. The number of nitrogens with one attached hydrogen (secondary N) is 3. The molecule has 0 spiro atoms. The molecule has 2 rings (SSSR count). The van der Waals surface area contributed by atoms with Gasteiger partial charge in [0.15, 0.2) is 17.5 Å². The molecule has 0 bridgehead atoms. The summed E-state index contributed by atoms with van der Waals surface area (Å²) >= 11 is 0. The van der Waals surface area contributed by atoms with E-state index in [1.165, 1.54) is 0 Å². The second-order valence-electron chi connectivity index (χ2n) is 3.92. The van der Waals surface area contributed by atoms with Crippen LogP contribution < -0.4 is 16.0 Å². The van der Waals surface area contributed by atoms with E-state index in [0.29, 0.717) is 13.1 Å². The summed E-state index contributed by atoms with van der Waals surface area (Å²) in [5, 5.41) is 8.13. The van der Waals surface area contributed by atoms with E-state index < -0.39 is 29.4 Å². The van der Waals surface area contributed by atoms with Gasteiger partial charge in [-0.3, -0.25) is 4.79 Å². The lowest BCUT2D eigenvalue weighted by Crippen LogP contribution is -2.54. The van der Waals surface area contributed by atoms with Crippen LogP contribution in [0.15, 0.2) is 12.1 Å². The molecule has 18 heavy (non-hydrogen) atoms. The fourth-order valence-electron chi connectivity index (χ4n) is 1.68. The molecule has 1 atom stereocenters. The molecule has 1 aromatic carbocycles. The maximum Gasteiger partial charge on any atom is 0.242 e. The summed E-state index contributed by atoms with van der Waals surface area (Å²) in [5.41, 5.74) is -0.369. The quantitative estimate of drug-likeness (QED) is 0.682. The Bertz CT molecular complexity index is 461. The minimum Gasteiger partial charge on any atom is -0.322 e. The van der Waals surface area contributed by atoms with Crippen LogP contribution in [0.3, 0.4) is 0 Å². The SMILES string of the molecule is O=C(Nc1ccc(F)c(F)c1F)C1CNCCN1. The van der Waals surface area contributed by atoms with Crippen LogP contribution in [-0.2, 0) is 4.79 Å². The molecular formula is C11H12F3N3O. The Morgan fingerprint density at radius 2 is 2.00 bits per heavy atom. The molecule has 98 valence electrons. The zero-order valence-electron chi connectivity index (χ0n) is 9.40. The van der Waals surface area contributed by atoms with Crippen LogP contribution in [0.5, 0.6) is 0 Å². The van der Waals surface area contributed by atoms with Crippen LogP contribution in [-0.4, -0.2) is 31.6 Å². The van der Waals surface area contributed by atoms with E-state index >= 15 is 0 Å². The van der Waals surface area contributed by atoms with Gasteiger partial charge in [0.05, 0.1) is 11.7 Å². The zero-order valence-corrected chi connectivity index (χ0v) is 9.40. The first-order chi connectivity index (χ1) is 8.59. The second-order valence-corrected chi connectivity index (χ2v) is 3.92. The lowest BCUT2D eigenvalue weighted by molar-refractivity contribution is -0.118. The van der Waals surface area contributed by atoms with Gasteiger partial charge in [0.25, 0.3) is 0 Å². The van der Waals surface area contributed by atoms with Crippen molar-refractivity contribution in [2.75, 3.05) is 25.0 Å². The van der Waals surface area contributed by atoms with Crippen molar-refractivity contribution in [3.05, 3.63) is 29.6 Å². The minimum absolute atomic E-state index is 0.369. The monoisotopic (exact) mass is 259 g/mol. The van der Waals surface area contributed by atoms with Crippen LogP contribution in [0.25, 0.3) is 0 Å². The molecule has 1 aliphatic rings. The van der Waals surface area contributed by atoms with Gasteiger partial charge in [-0.05, 0) is 12.1 Å². The van der Waals surface area contributed by atoms with Crippen molar-refractivity contribution in [3.63, 3.8) is 0 Å². The fraction of sp³-hybridized carbons (Fsp3) is 0.364. The summed E-state index contributed by atoms with van der Waals surface area (Å²) in [6.45, 7) is 1.75. The maximum atomic E-state index is 13.3. The van der Waals surface area contributed by atoms with Gasteiger partial charge in [0.2, 0.25) is 5.91 Å². The third-order valence-electron chi connectivity index (χ3n) is 2.65. The third-order valence-corrected chi connectivity index (χ3v) is 2.65. The molecule has 0 saturated carbocycles. The smallest absolute Gasteiger partial charge is 0.242 e. The van der Waals surface area contributed by atoms with Crippen LogP contribution in [0, 0.1) is 17.5 Å². The number of carbonyl (C=O) groups is 1. The number of piperazine rings is 1. The molecule has 1 heterocycles. The molecule has 1 fully saturated rings. The average Bonchev–Trinajstić information content (AvgIpc) is 2.40. The molecule has 3 N–H and O–H groups in total. The van der Waals surface area contributed by atoms with Crippen LogP contribution in [0.2, 0.25) is 0 Å². The molecule has 4 nitrogen and oxygen atoms in total. The van der Waals surface area contributed by atoms with Crippen LogP contribution >= 0.6 is 0 Å². The Hall–Kier alpha value is -1.60. The Labute approximate surface area is 102 Å². The molecule has 0 aromatic heterocycles. The number of carbonyl (C=O) groups excluding carboxylic acids is 1. The Morgan fingerprint density at radius 3 is 2.67 bits per heavy atom. The van der Waals surface area contributed by atoms with E-state index in [-0.39, 0.29) is 5.69 Å². The first-order valence-corrected chi connectivity index (χ1v) is 5.48. The number of hydrogen-bond acceptors (Lipinski definition) is 3. The molecule has 1 amide bonds. The van der Waals surface area contributed by atoms with Gasteiger partial charge >= 0.3 is 0 Å². The molecule has 0 aliphatic carbocycles. The molecule has 1 aliphatic heterocycles. The van der Waals surface area contributed by atoms with Gasteiger partial charge in [0, 0.05) is 19.6 Å². The van der Waals surface area contributed by atoms with E-state index in [2.05, 4.69) is 16.0 Å². The third kappa shape index (κ3) is 2.62. The zero-order chi connectivity index (χ0) is 13.1. The second kappa shape index (κ2) is 5.36. The minimum atomic E-state index is -1.59. The maximum absolute atomic E-state index is 13.3. The fourth-order valence-corrected chi connectivity index (χ4v) is 1.68. The topological polar surface area (TPSA) is 53.2 Å². The predicted octanol–water partition coefficient (Wildman–Crippen LogP) is 0.604. The van der Waals surface area contributed by atoms with Crippen molar-refractivity contribution in [3.8, 4) is 0 Å². The first-order valence-electron chi connectivity index (χ1n) is 5.48. The van der Waals surface area contributed by atoms with Gasteiger partial charge in [0.1, 0.15) is 0 Å². The van der Waals surface area contributed by atoms with E-state index in [4.69, 9.17) is 0 Å². The number of rotatable bonds is 2. The van der Waals surface area contributed by atoms with Crippen LogP contribution in [0.4, 0.5) is 18.9 Å². The van der Waals surface area contributed by atoms with Crippen molar-refractivity contribution >= 4 is 11.6 Å². The largest absolute Gasteiger partial charge is 0.322 e. The van der Waals surface area contributed by atoms with Crippen molar-refractivity contribution < 1.29 is 18.0 Å². The molecule has 1 unspecified atom stereocenters. The average molecular weight is 259 g/mol. The number of benzene rings is 1. The van der Waals surface area contributed by atoms with Crippen molar-refractivity contribution in [2.24, 2.45) is 0 Å². The number of amides is 1. The van der Waals surface area contributed by atoms with Crippen molar-refractivity contribution in [1.82, 2.24) is 10.6 Å². The Kier molecular flexibility index (Phi) is 3.83. The van der Waals surface area contributed by atoms with Gasteiger partial charge in [-0.1, -0.05) is 0 Å². The highest BCUT2D eigenvalue weighted by Gasteiger charge is 2.22. The van der Waals surface area contributed by atoms with Gasteiger partial charge in [-0.25, -0.2) is 13.2 Å². The summed E-state index contributed by atoms with van der Waals surface area (Å²) in [6.07, 6.45) is 0. The number of halogens is 3. The standard InChI is InChI=1S/C11H12F3N3O/c12-6-1-2-7(10(14)9(6)13)17-11(18)8-5-15-3-4-16-8/h1-2,8,15-16H,3-5H2,(H,17,18). The summed E-state index contributed by atoms with van der Waals surface area (Å²) in [5.74, 6) is -4.77. The van der Waals surface area contributed by atoms with E-state index in [1.807, 2.05) is 0 Å². The van der Waals surface area contributed by atoms with Gasteiger partial charge < -0.3 is 16.0 Å². The highest BCUT2D eigenvalue weighted by molar-refractivity contribution is 5.95. The van der Waals surface area contributed by atoms with Gasteiger partial charge in [-0.15, -0.1) is 0 Å². The molecule has 0 radical (unpaired) electrons. The first kappa shape index (κ1) is 12.8. The van der Waals surface area contributed by atoms with E-state index in [1.54, 1.807) is 0 Å².